The summed E-state index contributed by atoms with van der Waals surface area (Å²) < 4.78 is 76.8. The summed E-state index contributed by atoms with van der Waals surface area (Å²) in [6, 6.07) is 14.5. The molecule has 24 nitrogen and oxygen atoms in total. The van der Waals surface area contributed by atoms with E-state index >= 15 is 0 Å². The van der Waals surface area contributed by atoms with Crippen LogP contribution in [0.5, 0.6) is 17.5 Å². The van der Waals surface area contributed by atoms with Crippen molar-refractivity contribution in [2.75, 3.05) is 97.9 Å². The maximum atomic E-state index is 14.7. The van der Waals surface area contributed by atoms with Gasteiger partial charge in [0, 0.05) is 85.7 Å². The number of hydrogen-bond acceptors (Lipinski definition) is 17. The second kappa shape index (κ2) is 30.2. The lowest BCUT2D eigenvalue weighted by molar-refractivity contribution is -0.142. The second-order valence-electron chi connectivity index (χ2n) is 24.2. The number of allylic oxidation sites excluding steroid dienone is 1. The van der Waals surface area contributed by atoms with Crippen LogP contribution in [-0.2, 0) is 94.4 Å². The van der Waals surface area contributed by atoms with Crippen molar-refractivity contribution in [2.45, 2.75) is 116 Å². The predicted octanol–water partition coefficient (Wildman–Crippen LogP) is 8.03. The fourth-order valence-corrected chi connectivity index (χ4v) is 15.5. The van der Waals surface area contributed by atoms with Crippen LogP contribution in [-0.4, -0.2) is 163 Å². The Labute approximate surface area is 541 Å². The minimum absolute atomic E-state index is 0.0143. The Bertz CT molecular complexity index is 3680. The number of methoxy groups -OCH3 is 3. The third kappa shape index (κ3) is 15.2. The smallest absolute Gasteiger partial charge is 0.343 e. The minimum atomic E-state index is -3.54. The Morgan fingerprint density at radius 2 is 1.60 bits per heavy atom. The van der Waals surface area contributed by atoms with Crippen molar-refractivity contribution < 1.29 is 81.0 Å². The van der Waals surface area contributed by atoms with E-state index in [9.17, 15) is 28.2 Å². The molecular weight excluding hydrogens is 1230 g/mol. The molecule has 26 heteroatoms. The Kier molecular flexibility index (Phi) is 22.2. The second-order valence-corrected chi connectivity index (χ2v) is 26.7. The fraction of sp³-hybridized carbons (Fsp3) is 0.530. The van der Waals surface area contributed by atoms with Gasteiger partial charge in [-0.05, 0) is 129 Å². The quantitative estimate of drug-likeness (QED) is 0.0802. The zero-order valence-electron chi connectivity index (χ0n) is 53.0. The number of aryl methyl sites for hydroxylation is 1. The molecule has 2 fully saturated rings. The molecule has 8 aliphatic rings. The maximum absolute atomic E-state index is 14.7. The van der Waals surface area contributed by atoms with Crippen molar-refractivity contribution in [3.63, 3.8) is 0 Å². The van der Waals surface area contributed by atoms with E-state index in [1.165, 1.54) is 18.2 Å². The minimum Gasteiger partial charge on any atom is -0.490 e. The number of anilines is 1. The van der Waals surface area contributed by atoms with E-state index in [4.69, 9.17) is 64.4 Å². The van der Waals surface area contributed by atoms with Gasteiger partial charge in [-0.25, -0.2) is 13.8 Å². The van der Waals surface area contributed by atoms with Crippen molar-refractivity contribution >= 4 is 56.9 Å². The molecule has 7 atom stereocenters. The van der Waals surface area contributed by atoms with Crippen LogP contribution >= 0.6 is 11.6 Å². The highest BCUT2D eigenvalue weighted by Gasteiger charge is 2.45. The van der Waals surface area contributed by atoms with Gasteiger partial charge in [0.2, 0.25) is 11.8 Å². The first-order chi connectivity index (χ1) is 44.4. The molecule has 92 heavy (non-hydrogen) atoms. The van der Waals surface area contributed by atoms with Gasteiger partial charge in [0.05, 0.1) is 103 Å². The van der Waals surface area contributed by atoms with Crippen LogP contribution in [0.25, 0.3) is 0 Å². The Hall–Kier alpha value is -7.23. The number of nitrogens with one attached hydrogen (secondary N) is 2. The van der Waals surface area contributed by atoms with E-state index in [0.717, 1.165) is 78.5 Å². The number of amides is 2. The zero-order chi connectivity index (χ0) is 65.3. The molecule has 1 saturated heterocycles. The average Bonchev–Trinajstić information content (AvgIpc) is 1.36. The first-order valence-corrected chi connectivity index (χ1v) is 33.4. The molecule has 5 aromatic rings. The molecule has 3 aromatic heterocycles. The van der Waals surface area contributed by atoms with Gasteiger partial charge in [-0.3, -0.25) is 19.1 Å². The topological polar surface area (TPSA) is 280 Å². The summed E-state index contributed by atoms with van der Waals surface area (Å²) in [6.07, 6.45) is 11.7. The highest BCUT2D eigenvalue weighted by molar-refractivity contribution is 7.92. The molecule has 2 unspecified atom stereocenters. The van der Waals surface area contributed by atoms with Gasteiger partial charge in [-0.1, -0.05) is 36.7 Å². The summed E-state index contributed by atoms with van der Waals surface area (Å²) in [5.74, 6) is -1.02. The lowest BCUT2D eigenvalue weighted by Crippen LogP contribution is -2.49. The number of ether oxygens (including phenoxy) is 9. The van der Waals surface area contributed by atoms with Crippen LogP contribution in [0.3, 0.4) is 0 Å². The van der Waals surface area contributed by atoms with Crippen molar-refractivity contribution in [2.24, 2.45) is 22.1 Å². The van der Waals surface area contributed by atoms with Gasteiger partial charge in [-0.2, -0.15) is 0 Å². The molecular formula is C66H84ClN7O17S. The SMILES string of the molecule is CCOC(=O)c1cc2n(c1OC)CCOC2.CO[C@H]1/C=C/C[C@H](C)CS(=O)(NC(=O)c2cn3c(c2C)COCC3)=NC(=O)c2ccc3c(c2)N(C[C@@H]2CC[C@H]21)C[C@@]1(CCCc2cc(Cl)ccc21)CO3.COc1c(C(=O)O)cc2n1CCOC2.O=C(O)C1COCCN1. The molecule has 6 aliphatic heterocycles. The number of halogens is 1. The summed E-state index contributed by atoms with van der Waals surface area (Å²) in [6.45, 7) is 14.7. The van der Waals surface area contributed by atoms with E-state index in [-0.39, 0.29) is 41.3 Å². The number of carboxylic acid groups (broad SMARTS) is 2. The number of carboxylic acids is 2. The fourth-order valence-electron chi connectivity index (χ4n) is 13.5. The number of aliphatic carboxylic acids is 1. The molecule has 1 saturated carbocycles. The summed E-state index contributed by atoms with van der Waals surface area (Å²) >= 11 is 6.47. The molecule has 2 amide bonds. The van der Waals surface area contributed by atoms with E-state index in [2.05, 4.69) is 43.6 Å². The van der Waals surface area contributed by atoms with Crippen LogP contribution < -0.4 is 29.1 Å². The summed E-state index contributed by atoms with van der Waals surface area (Å²) in [4.78, 5) is 63.1. The van der Waals surface area contributed by atoms with Crippen LogP contribution in [0.1, 0.15) is 121 Å². The number of aromatic carboxylic acids is 1. The number of benzene rings is 2. The number of morpholine rings is 1. The number of esters is 1. The number of nitrogens with zero attached hydrogens (tertiary/aromatic N) is 5. The normalized spacial score (nSPS) is 25.0. The highest BCUT2D eigenvalue weighted by atomic mass is 35.5. The first-order valence-electron chi connectivity index (χ1n) is 31.4. The number of carbonyl (C=O) groups is 5. The van der Waals surface area contributed by atoms with Crippen LogP contribution in [0.4, 0.5) is 5.69 Å². The predicted molar refractivity (Wildman–Crippen MR) is 341 cm³/mol. The Balaban J connectivity index is 0.000000189. The third-order valence-electron chi connectivity index (χ3n) is 18.2. The molecule has 13 rings (SSSR count). The van der Waals surface area contributed by atoms with E-state index in [0.29, 0.717) is 138 Å². The molecule has 4 N–H and O–H groups in total. The zero-order valence-corrected chi connectivity index (χ0v) is 54.6. The Morgan fingerprint density at radius 1 is 0.880 bits per heavy atom. The van der Waals surface area contributed by atoms with E-state index in [1.807, 2.05) is 45.7 Å². The van der Waals surface area contributed by atoms with E-state index < -0.39 is 39.7 Å². The molecule has 498 valence electrons. The van der Waals surface area contributed by atoms with Crippen LogP contribution in [0.2, 0.25) is 5.02 Å². The summed E-state index contributed by atoms with van der Waals surface area (Å²) in [5, 5.41) is 20.8. The van der Waals surface area contributed by atoms with Gasteiger partial charge in [0.25, 0.3) is 11.8 Å². The van der Waals surface area contributed by atoms with Gasteiger partial charge in [-0.15, -0.1) is 4.36 Å². The van der Waals surface area contributed by atoms with Crippen LogP contribution in [0.15, 0.2) is 71.2 Å². The number of carbonyl (C=O) groups excluding carboxylic acids is 3. The number of aromatic nitrogens is 3. The van der Waals surface area contributed by atoms with Crippen molar-refractivity contribution in [1.29, 1.82) is 0 Å². The molecule has 2 aliphatic carbocycles. The first kappa shape index (κ1) is 67.7. The lowest BCUT2D eigenvalue weighted by atomic mass is 9.68. The van der Waals surface area contributed by atoms with Gasteiger partial charge in [0.1, 0.15) is 32.8 Å². The number of fused-ring (bicyclic) bond motifs is 7. The largest absolute Gasteiger partial charge is 0.490 e. The van der Waals surface area contributed by atoms with Gasteiger partial charge in [0.15, 0.2) is 0 Å². The van der Waals surface area contributed by atoms with Gasteiger partial charge >= 0.3 is 17.9 Å². The van der Waals surface area contributed by atoms with Crippen molar-refractivity contribution in [3.8, 4) is 17.5 Å². The van der Waals surface area contributed by atoms with Crippen molar-refractivity contribution in [1.82, 2.24) is 23.7 Å². The highest BCUT2D eigenvalue weighted by Crippen LogP contribution is 2.47. The Morgan fingerprint density at radius 3 is 2.24 bits per heavy atom. The molecule has 9 heterocycles. The molecule has 2 bridgehead atoms. The molecule has 0 radical (unpaired) electrons. The summed E-state index contributed by atoms with van der Waals surface area (Å²) in [5.41, 5.74) is 7.99. The average molecular weight is 1310 g/mol. The number of hydrogen-bond donors (Lipinski definition) is 4. The third-order valence-corrected chi connectivity index (χ3v) is 20.4. The van der Waals surface area contributed by atoms with Gasteiger partial charge < -0.3 is 76.8 Å². The standard InChI is InChI=1S/C41H49ClN4O6S.C11H15NO4.C9H11NO4.C5H9NO3/c1-26-6-4-8-37(50-3)32-12-9-30(32)20-46-24-41(15-5-7-28-18-31(42)11-13-34(28)41)25-52-38-14-10-29(19-35(38)46)39(47)43-53(49,23-26)44-40(48)33-21-45-16-17-51-22-36(45)27(33)2;1-3-16-11(13)9-6-8-7-15-5-4-12(8)10(9)14-2;1-13-8-7(9(11)12)4-6-5-14-3-2-10(6)8;7-5(8)4-3-9-2-1-6-4/h4,8,10-11,13-14,18-19,21,26,30,32,37H,5-7,9,12,15-17,20,22-25H2,1-3H3,(H,43,44,47,48,49);6H,3-5,7H2,1-2H3;4H,2-3,5H2,1H3,(H,11,12);4,6H,1-3H2,(H,7,8)/b8-4+;;;/t26-,30-,32+,37-,41-,53?;;;/m0.../s1. The summed E-state index contributed by atoms with van der Waals surface area (Å²) in [7, 11) is 1.26. The van der Waals surface area contributed by atoms with Crippen molar-refractivity contribution in [3.05, 3.63) is 128 Å². The van der Waals surface area contributed by atoms with Crippen LogP contribution in [0, 0.1) is 24.7 Å². The lowest BCUT2D eigenvalue weighted by Gasteiger charge is -2.46. The molecule has 2 aromatic carbocycles. The molecule has 1 spiro atoms. The monoisotopic (exact) mass is 1310 g/mol. The maximum Gasteiger partial charge on any atom is 0.343 e. The van der Waals surface area contributed by atoms with E-state index in [1.54, 1.807) is 45.5 Å². The number of rotatable bonds is 9.